The highest BCUT2D eigenvalue weighted by atomic mass is 79.9. The van der Waals surface area contributed by atoms with Crippen LogP contribution in [-0.2, 0) is 12.8 Å². The minimum absolute atomic E-state index is 1.04. The maximum atomic E-state index is 3.92. The first-order valence-electron chi connectivity index (χ1n) is 4.57. The number of nitrogens with one attached hydrogen (secondary N) is 1. The standard InChI is InChI=1S/C11H11BrN2/c12-11-5-3-9(4-6-11)1-2-10-7-13-14-8-10/h3-8H,1-2H2,(H,13,14). The molecular formula is C11H11BrN2. The van der Waals surface area contributed by atoms with Gasteiger partial charge in [0, 0.05) is 10.7 Å². The molecule has 1 aromatic carbocycles. The molecule has 1 heterocycles. The number of hydrogen-bond donors (Lipinski definition) is 1. The lowest BCUT2D eigenvalue weighted by Crippen LogP contribution is -1.88. The Hall–Kier alpha value is -1.09. The molecule has 0 aliphatic carbocycles. The van der Waals surface area contributed by atoms with Gasteiger partial charge in [-0.1, -0.05) is 28.1 Å². The minimum atomic E-state index is 1.04. The summed E-state index contributed by atoms with van der Waals surface area (Å²) in [5.41, 5.74) is 2.61. The Bertz CT molecular complexity index is 378. The summed E-state index contributed by atoms with van der Waals surface area (Å²) in [6, 6.07) is 8.43. The van der Waals surface area contributed by atoms with Crippen molar-refractivity contribution in [3.8, 4) is 0 Å². The van der Waals surface area contributed by atoms with Gasteiger partial charge in [-0.15, -0.1) is 0 Å². The molecule has 14 heavy (non-hydrogen) atoms. The molecule has 2 nitrogen and oxygen atoms in total. The van der Waals surface area contributed by atoms with E-state index in [4.69, 9.17) is 0 Å². The van der Waals surface area contributed by atoms with E-state index in [1.807, 2.05) is 12.4 Å². The second kappa shape index (κ2) is 4.42. The zero-order chi connectivity index (χ0) is 9.80. The van der Waals surface area contributed by atoms with Gasteiger partial charge in [0.15, 0.2) is 0 Å². The van der Waals surface area contributed by atoms with Gasteiger partial charge in [0.2, 0.25) is 0 Å². The Labute approximate surface area is 91.5 Å². The highest BCUT2D eigenvalue weighted by molar-refractivity contribution is 9.10. The van der Waals surface area contributed by atoms with Gasteiger partial charge < -0.3 is 0 Å². The first-order valence-corrected chi connectivity index (χ1v) is 5.36. The summed E-state index contributed by atoms with van der Waals surface area (Å²) < 4.78 is 1.13. The van der Waals surface area contributed by atoms with E-state index in [9.17, 15) is 0 Å². The van der Waals surface area contributed by atoms with Crippen LogP contribution in [0.25, 0.3) is 0 Å². The molecule has 1 N–H and O–H groups in total. The van der Waals surface area contributed by atoms with Crippen LogP contribution in [0.2, 0.25) is 0 Å². The first-order chi connectivity index (χ1) is 6.84. The number of nitrogens with zero attached hydrogens (tertiary/aromatic N) is 1. The predicted molar refractivity (Wildman–Crippen MR) is 60.1 cm³/mol. The van der Waals surface area contributed by atoms with E-state index in [0.717, 1.165) is 17.3 Å². The summed E-state index contributed by atoms with van der Waals surface area (Å²) >= 11 is 3.42. The van der Waals surface area contributed by atoms with Gasteiger partial charge >= 0.3 is 0 Å². The van der Waals surface area contributed by atoms with E-state index in [1.54, 1.807) is 0 Å². The Balaban J connectivity index is 1.95. The van der Waals surface area contributed by atoms with Gasteiger partial charge in [-0.3, -0.25) is 5.10 Å². The number of aromatic amines is 1. The third-order valence-electron chi connectivity index (χ3n) is 2.17. The van der Waals surface area contributed by atoms with Crippen molar-refractivity contribution in [1.29, 1.82) is 0 Å². The molecule has 0 saturated heterocycles. The normalized spacial score (nSPS) is 10.4. The maximum absolute atomic E-state index is 3.92. The van der Waals surface area contributed by atoms with Gasteiger partial charge in [0.25, 0.3) is 0 Å². The number of aromatic nitrogens is 2. The van der Waals surface area contributed by atoms with Crippen LogP contribution in [0.4, 0.5) is 0 Å². The van der Waals surface area contributed by atoms with Crippen LogP contribution in [0.15, 0.2) is 41.1 Å². The van der Waals surface area contributed by atoms with Crippen LogP contribution in [0.5, 0.6) is 0 Å². The fourth-order valence-electron chi connectivity index (χ4n) is 1.35. The summed E-state index contributed by atoms with van der Waals surface area (Å²) in [4.78, 5) is 0. The number of aryl methyl sites for hydroxylation is 2. The molecule has 0 bridgehead atoms. The Morgan fingerprint density at radius 1 is 1.07 bits per heavy atom. The van der Waals surface area contributed by atoms with E-state index >= 15 is 0 Å². The van der Waals surface area contributed by atoms with Crippen molar-refractivity contribution in [1.82, 2.24) is 10.2 Å². The second-order valence-corrected chi connectivity index (χ2v) is 4.15. The summed E-state index contributed by atoms with van der Waals surface area (Å²) in [6.07, 6.45) is 5.92. The summed E-state index contributed by atoms with van der Waals surface area (Å²) in [5, 5.41) is 6.73. The molecule has 0 atom stereocenters. The number of H-pyrrole nitrogens is 1. The summed E-state index contributed by atoms with van der Waals surface area (Å²) in [6.45, 7) is 0. The Kier molecular flexibility index (Phi) is 2.99. The average Bonchev–Trinajstić information content (AvgIpc) is 2.70. The molecule has 0 saturated carbocycles. The maximum Gasteiger partial charge on any atom is 0.0519 e. The smallest absolute Gasteiger partial charge is 0.0519 e. The fraction of sp³-hybridized carbons (Fsp3) is 0.182. The van der Waals surface area contributed by atoms with Crippen LogP contribution in [0.3, 0.4) is 0 Å². The Morgan fingerprint density at radius 2 is 1.79 bits per heavy atom. The largest absolute Gasteiger partial charge is 0.285 e. The van der Waals surface area contributed by atoms with E-state index < -0.39 is 0 Å². The molecule has 1 aromatic heterocycles. The lowest BCUT2D eigenvalue weighted by molar-refractivity contribution is 0.961. The zero-order valence-electron chi connectivity index (χ0n) is 7.70. The average molecular weight is 251 g/mol. The lowest BCUT2D eigenvalue weighted by atomic mass is 10.1. The molecule has 2 aromatic rings. The van der Waals surface area contributed by atoms with Crippen LogP contribution >= 0.6 is 15.9 Å². The van der Waals surface area contributed by atoms with Crippen molar-refractivity contribution in [3.63, 3.8) is 0 Å². The molecule has 2 rings (SSSR count). The van der Waals surface area contributed by atoms with Gasteiger partial charge in [-0.05, 0) is 36.1 Å². The van der Waals surface area contributed by atoms with E-state index in [-0.39, 0.29) is 0 Å². The highest BCUT2D eigenvalue weighted by Gasteiger charge is 1.96. The molecular weight excluding hydrogens is 240 g/mol. The van der Waals surface area contributed by atoms with Gasteiger partial charge in [-0.2, -0.15) is 5.10 Å². The number of hydrogen-bond acceptors (Lipinski definition) is 1. The topological polar surface area (TPSA) is 28.7 Å². The van der Waals surface area contributed by atoms with Gasteiger partial charge in [-0.25, -0.2) is 0 Å². The van der Waals surface area contributed by atoms with Gasteiger partial charge in [0.05, 0.1) is 6.20 Å². The molecule has 0 fully saturated rings. The first kappa shape index (κ1) is 9.46. The SMILES string of the molecule is Brc1ccc(CCc2cn[nH]c2)cc1. The van der Waals surface area contributed by atoms with Crippen molar-refractivity contribution in [3.05, 3.63) is 52.3 Å². The zero-order valence-corrected chi connectivity index (χ0v) is 9.29. The molecule has 0 aliphatic rings. The predicted octanol–water partition coefficient (Wildman–Crippen LogP) is 2.96. The molecule has 3 heteroatoms. The quantitative estimate of drug-likeness (QED) is 0.892. The third kappa shape index (κ3) is 2.45. The summed E-state index contributed by atoms with van der Waals surface area (Å²) in [5.74, 6) is 0. The second-order valence-electron chi connectivity index (χ2n) is 3.23. The highest BCUT2D eigenvalue weighted by Crippen LogP contribution is 2.12. The van der Waals surface area contributed by atoms with E-state index in [0.29, 0.717) is 0 Å². The lowest BCUT2D eigenvalue weighted by Gasteiger charge is -1.99. The van der Waals surface area contributed by atoms with Crippen molar-refractivity contribution >= 4 is 15.9 Å². The number of halogens is 1. The number of benzene rings is 1. The van der Waals surface area contributed by atoms with Crippen LogP contribution in [-0.4, -0.2) is 10.2 Å². The van der Waals surface area contributed by atoms with Crippen LogP contribution < -0.4 is 0 Å². The monoisotopic (exact) mass is 250 g/mol. The molecule has 0 spiro atoms. The van der Waals surface area contributed by atoms with Crippen molar-refractivity contribution in [2.45, 2.75) is 12.8 Å². The summed E-state index contributed by atoms with van der Waals surface area (Å²) in [7, 11) is 0. The molecule has 0 amide bonds. The van der Waals surface area contributed by atoms with E-state index in [1.165, 1.54) is 11.1 Å². The number of rotatable bonds is 3. The van der Waals surface area contributed by atoms with E-state index in [2.05, 4.69) is 50.4 Å². The van der Waals surface area contributed by atoms with Crippen LogP contribution in [0.1, 0.15) is 11.1 Å². The van der Waals surface area contributed by atoms with Crippen molar-refractivity contribution < 1.29 is 0 Å². The van der Waals surface area contributed by atoms with Crippen molar-refractivity contribution in [2.24, 2.45) is 0 Å². The molecule has 0 radical (unpaired) electrons. The molecule has 72 valence electrons. The van der Waals surface area contributed by atoms with Crippen molar-refractivity contribution in [2.75, 3.05) is 0 Å². The van der Waals surface area contributed by atoms with Crippen LogP contribution in [0, 0.1) is 0 Å². The molecule has 0 unspecified atom stereocenters. The third-order valence-corrected chi connectivity index (χ3v) is 2.70. The fourth-order valence-corrected chi connectivity index (χ4v) is 1.62. The Morgan fingerprint density at radius 3 is 2.43 bits per heavy atom. The van der Waals surface area contributed by atoms with Gasteiger partial charge in [0.1, 0.15) is 0 Å². The molecule has 0 aliphatic heterocycles. The minimum Gasteiger partial charge on any atom is -0.285 e.